The molecule has 2 aromatic heterocycles. The third kappa shape index (κ3) is 8.88. The molecule has 8 nitrogen and oxygen atoms in total. The number of fused-ring (bicyclic) bond motifs is 4. The van der Waals surface area contributed by atoms with Gasteiger partial charge in [0.25, 0.3) is 0 Å². The topological polar surface area (TPSA) is 61.2 Å². The Bertz CT molecular complexity index is 2850. The Morgan fingerprint density at radius 1 is 0.569 bits per heavy atom. The molecule has 0 atom stereocenters. The number of aromatic nitrogens is 2. The van der Waals surface area contributed by atoms with Crippen LogP contribution in [-0.4, -0.2) is 37.6 Å². The summed E-state index contributed by atoms with van der Waals surface area (Å²) in [4.78, 5) is 9.72. The molecular formula is C54H63B3N4O4. The lowest BCUT2D eigenvalue weighted by atomic mass is 9.50. The van der Waals surface area contributed by atoms with Gasteiger partial charge in [0.1, 0.15) is 12.5 Å². The zero-order chi connectivity index (χ0) is 46.1. The van der Waals surface area contributed by atoms with Gasteiger partial charge in [-0.25, -0.2) is 4.98 Å². The van der Waals surface area contributed by atoms with Crippen LogP contribution >= 0.6 is 0 Å². The van der Waals surface area contributed by atoms with Crippen molar-refractivity contribution in [2.75, 3.05) is 16.5 Å². The van der Waals surface area contributed by atoms with Gasteiger partial charge in [-0.05, 0) is 92.2 Å². The van der Waals surface area contributed by atoms with Gasteiger partial charge in [-0.3, -0.25) is 4.57 Å². The van der Waals surface area contributed by atoms with Gasteiger partial charge in [0.15, 0.2) is 0 Å². The minimum atomic E-state index is -0.628. The summed E-state index contributed by atoms with van der Waals surface area (Å²) >= 11 is 0. The second kappa shape index (κ2) is 16.8. The molecule has 2 aliphatic heterocycles. The van der Waals surface area contributed by atoms with Gasteiger partial charge in [0.05, 0.1) is 35.6 Å². The average Bonchev–Trinajstić information content (AvgIpc) is 3.81. The lowest BCUT2D eigenvalue weighted by molar-refractivity contribution is 0.107. The maximum Gasteiger partial charge on any atom is 0.468 e. The Labute approximate surface area is 387 Å². The van der Waals surface area contributed by atoms with E-state index in [0.717, 1.165) is 56.2 Å². The molecule has 0 radical (unpaired) electrons. The third-order valence-corrected chi connectivity index (χ3v) is 12.6. The van der Waals surface area contributed by atoms with E-state index in [0.29, 0.717) is 19.9 Å². The summed E-state index contributed by atoms with van der Waals surface area (Å²) in [5.74, 6) is 0.923. The molecule has 0 spiro atoms. The largest absolute Gasteiger partial charge is 0.468 e. The highest BCUT2D eigenvalue weighted by molar-refractivity contribution is 6.81. The van der Waals surface area contributed by atoms with Crippen molar-refractivity contribution in [3.05, 3.63) is 150 Å². The molecule has 65 heavy (non-hydrogen) atoms. The van der Waals surface area contributed by atoms with Crippen LogP contribution in [0.25, 0.3) is 27.6 Å². The zero-order valence-electron chi connectivity index (χ0n) is 40.4. The van der Waals surface area contributed by atoms with Gasteiger partial charge in [0.2, 0.25) is 0 Å². The van der Waals surface area contributed by atoms with Crippen LogP contribution < -0.4 is 15.3 Å². The summed E-state index contributed by atoms with van der Waals surface area (Å²) in [7, 11) is -1.53. The van der Waals surface area contributed by atoms with E-state index < -0.39 is 21.4 Å². The normalized spacial score (nSPS) is 15.2. The lowest BCUT2D eigenvalue weighted by Gasteiger charge is -2.42. The van der Waals surface area contributed by atoms with E-state index in [9.17, 15) is 0 Å². The van der Waals surface area contributed by atoms with Crippen molar-refractivity contribution in [3.8, 4) is 5.82 Å². The number of rotatable bonds is 8. The molecule has 0 saturated carbocycles. The first-order valence-electron chi connectivity index (χ1n) is 23.2. The summed E-state index contributed by atoms with van der Waals surface area (Å²) < 4.78 is 28.9. The minimum absolute atomic E-state index is 0.00784. The summed E-state index contributed by atoms with van der Waals surface area (Å²) in [6, 6.07) is 43.6. The van der Waals surface area contributed by atoms with Crippen LogP contribution in [0, 0.1) is 0 Å². The number of pyridine rings is 1. The van der Waals surface area contributed by atoms with E-state index in [1.54, 1.807) is 0 Å². The molecular weight excluding hydrogens is 801 g/mol. The molecule has 0 N–H and O–H groups in total. The molecule has 1 saturated heterocycles. The predicted molar refractivity (Wildman–Crippen MR) is 273 cm³/mol. The van der Waals surface area contributed by atoms with E-state index in [2.05, 4.69) is 219 Å². The van der Waals surface area contributed by atoms with Crippen LogP contribution in [-0.2, 0) is 42.5 Å². The SMILES string of the molecule is CC(C)(C)B1OB(c2cccc(C(C)(C)C)c2N2CN(c3cccc(COCc4ccc5c6ccccc6n(-c6cc(C(C)(C)C)ccn6)c5c4)c3)c3ccccc32)OB(C(C)(C)C)O1. The fourth-order valence-corrected chi connectivity index (χ4v) is 9.14. The Morgan fingerprint density at radius 3 is 1.88 bits per heavy atom. The van der Waals surface area contributed by atoms with Crippen LogP contribution in [0.1, 0.15) is 105 Å². The van der Waals surface area contributed by atoms with Crippen molar-refractivity contribution in [1.82, 2.24) is 9.55 Å². The molecule has 1 fully saturated rings. The van der Waals surface area contributed by atoms with Gasteiger partial charge in [-0.1, -0.05) is 156 Å². The van der Waals surface area contributed by atoms with Crippen molar-refractivity contribution in [2.24, 2.45) is 0 Å². The second-order valence-corrected chi connectivity index (χ2v) is 22.1. The van der Waals surface area contributed by atoms with Gasteiger partial charge in [0, 0.05) is 33.8 Å². The molecule has 0 unspecified atom stereocenters. The fourth-order valence-electron chi connectivity index (χ4n) is 9.14. The Balaban J connectivity index is 0.999. The smallest absolute Gasteiger partial charge is 0.452 e. The molecule has 0 amide bonds. The highest BCUT2D eigenvalue weighted by Crippen LogP contribution is 2.47. The molecule has 2 aliphatic rings. The van der Waals surface area contributed by atoms with Crippen molar-refractivity contribution >= 4 is 71.4 Å². The number of hydrogen-bond donors (Lipinski definition) is 0. The number of benzene rings is 5. The van der Waals surface area contributed by atoms with Crippen LogP contribution in [0.5, 0.6) is 0 Å². The van der Waals surface area contributed by atoms with Crippen molar-refractivity contribution < 1.29 is 18.5 Å². The molecule has 0 aliphatic carbocycles. The molecule has 7 aromatic rings. The Morgan fingerprint density at radius 2 is 1.20 bits per heavy atom. The molecule has 0 bridgehead atoms. The summed E-state index contributed by atoms with van der Waals surface area (Å²) in [5.41, 5.74) is 12.3. The number of anilines is 4. The maximum absolute atomic E-state index is 6.79. The standard InChI is InChI=1S/C54H63B3N4O4/c1-51(2,3)39-29-30-58-49(33-39)61-45-24-14-13-21-41(45)42-28-27-38(32-48(42)61)35-62-34-37-19-17-20-40(31-37)59-36-60(47-26-16-15-25-46(47)59)50-43(52(4,5)6)22-18-23-44(50)55-63-56(53(7,8)9)65-57(64-55)54(10,11)12/h13-33H,34-36H2,1-12H3. The van der Waals surface area contributed by atoms with Crippen molar-refractivity contribution in [2.45, 2.75) is 118 Å². The fraction of sp³-hybridized carbons (Fsp3) is 0.352. The predicted octanol–water partition coefficient (Wildman–Crippen LogP) is 13.1. The van der Waals surface area contributed by atoms with Crippen LogP contribution in [0.3, 0.4) is 0 Å². The first-order valence-corrected chi connectivity index (χ1v) is 23.2. The summed E-state index contributed by atoms with van der Waals surface area (Å²) in [6.07, 6.45) is 1.93. The monoisotopic (exact) mass is 865 g/mol. The van der Waals surface area contributed by atoms with Crippen LogP contribution in [0.2, 0.25) is 10.6 Å². The lowest BCUT2D eigenvalue weighted by Crippen LogP contribution is -2.59. The van der Waals surface area contributed by atoms with Gasteiger partial charge in [-0.2, -0.15) is 0 Å². The Hall–Kier alpha value is -5.32. The summed E-state index contributed by atoms with van der Waals surface area (Å²) in [6.45, 7) is 28.1. The highest BCUT2D eigenvalue weighted by Gasteiger charge is 2.52. The van der Waals surface area contributed by atoms with Crippen LogP contribution in [0.15, 0.2) is 128 Å². The average molecular weight is 865 g/mol. The molecule has 5 aromatic carbocycles. The molecule has 11 heteroatoms. The zero-order valence-corrected chi connectivity index (χ0v) is 40.4. The number of para-hydroxylation sites is 4. The molecule has 9 rings (SSSR count). The first-order chi connectivity index (χ1) is 30.8. The van der Waals surface area contributed by atoms with Gasteiger partial charge in [-0.15, -0.1) is 0 Å². The first kappa shape index (κ1) is 44.9. The number of hydrogen-bond acceptors (Lipinski definition) is 7. The minimum Gasteiger partial charge on any atom is -0.452 e. The van der Waals surface area contributed by atoms with E-state index in [1.807, 2.05) is 6.20 Å². The van der Waals surface area contributed by atoms with E-state index in [4.69, 9.17) is 23.4 Å². The van der Waals surface area contributed by atoms with Crippen LogP contribution in [0.4, 0.5) is 22.7 Å². The van der Waals surface area contributed by atoms with Gasteiger partial charge < -0.3 is 28.3 Å². The van der Waals surface area contributed by atoms with E-state index >= 15 is 0 Å². The van der Waals surface area contributed by atoms with Crippen molar-refractivity contribution in [3.63, 3.8) is 0 Å². The Kier molecular flexibility index (Phi) is 11.6. The summed E-state index contributed by atoms with van der Waals surface area (Å²) in [5, 5.41) is 1.90. The quantitative estimate of drug-likeness (QED) is 0.141. The number of ether oxygens (including phenoxy) is 1. The number of nitrogens with zero attached hydrogens (tertiary/aromatic N) is 4. The third-order valence-electron chi connectivity index (χ3n) is 12.6. The highest BCUT2D eigenvalue weighted by atomic mass is 16.7. The van der Waals surface area contributed by atoms with Gasteiger partial charge >= 0.3 is 21.4 Å². The second-order valence-electron chi connectivity index (χ2n) is 22.1. The van der Waals surface area contributed by atoms with E-state index in [-0.39, 0.29) is 21.5 Å². The maximum atomic E-state index is 6.79. The van der Waals surface area contributed by atoms with E-state index in [1.165, 1.54) is 21.9 Å². The molecule has 332 valence electrons. The molecule has 4 heterocycles. The van der Waals surface area contributed by atoms with Crippen molar-refractivity contribution in [1.29, 1.82) is 0 Å².